The second kappa shape index (κ2) is 10.9. The summed E-state index contributed by atoms with van der Waals surface area (Å²) in [5.74, 6) is -1.93. The first-order valence-corrected chi connectivity index (χ1v) is 6.71. The number of cyclic esters (lactones) is 1. The highest BCUT2D eigenvalue weighted by atomic mass is 16.6. The topological polar surface area (TPSA) is 179 Å². The summed E-state index contributed by atoms with van der Waals surface area (Å²) in [7, 11) is 0. The van der Waals surface area contributed by atoms with E-state index in [1.165, 1.54) is 0 Å². The normalized spacial score (nSPS) is 24.2. The molecule has 0 aliphatic carbocycles. The molecular weight excluding hydrogens is 300 g/mol. The second-order valence-corrected chi connectivity index (χ2v) is 4.50. The van der Waals surface area contributed by atoms with Crippen molar-refractivity contribution in [1.82, 2.24) is 5.32 Å². The fraction of sp³-hybridized carbons (Fsp3) is 0.750. The van der Waals surface area contributed by atoms with Gasteiger partial charge < -0.3 is 36.2 Å². The van der Waals surface area contributed by atoms with Crippen molar-refractivity contribution >= 4 is 17.8 Å². The maximum Gasteiger partial charge on any atom is 0.335 e. The standard InChI is InChI=1S/C4H9NO3.C4H7NO2.C4H6O3/c5-2-1-3(6)4(7)8;6-3-1-2-5-4(3)7;5-3-1-2-7-4(3)6/h3,6H,1-2,5H2,(H,7,8);3,6H,1-2H2,(H,5,7);3,5H,1-2H2/t3*3-/m000/s1. The van der Waals surface area contributed by atoms with E-state index >= 15 is 0 Å². The van der Waals surface area contributed by atoms with Crippen LogP contribution in [0.15, 0.2) is 0 Å². The summed E-state index contributed by atoms with van der Waals surface area (Å²) in [5.41, 5.74) is 4.94. The van der Waals surface area contributed by atoms with Gasteiger partial charge in [-0.1, -0.05) is 0 Å². The van der Waals surface area contributed by atoms with Crippen LogP contribution in [0.1, 0.15) is 19.3 Å². The van der Waals surface area contributed by atoms with Gasteiger partial charge in [-0.2, -0.15) is 0 Å². The van der Waals surface area contributed by atoms with Crippen molar-refractivity contribution in [3.8, 4) is 0 Å². The molecule has 128 valence electrons. The molecule has 3 atom stereocenters. The maximum atomic E-state index is 10.2. The van der Waals surface area contributed by atoms with E-state index in [0.29, 0.717) is 26.0 Å². The van der Waals surface area contributed by atoms with E-state index in [9.17, 15) is 14.4 Å². The van der Waals surface area contributed by atoms with Gasteiger partial charge in [-0.15, -0.1) is 0 Å². The lowest BCUT2D eigenvalue weighted by molar-refractivity contribution is -0.147. The Hall–Kier alpha value is -1.75. The quantitative estimate of drug-likeness (QED) is 0.294. The number of rotatable bonds is 3. The van der Waals surface area contributed by atoms with Gasteiger partial charge in [-0.3, -0.25) is 4.79 Å². The van der Waals surface area contributed by atoms with E-state index < -0.39 is 30.3 Å². The number of carboxylic acids is 1. The Kier molecular flexibility index (Phi) is 10.0. The average Bonchev–Trinajstić information content (AvgIpc) is 3.01. The molecule has 1 amide bonds. The van der Waals surface area contributed by atoms with Crippen molar-refractivity contribution in [2.45, 2.75) is 37.6 Å². The van der Waals surface area contributed by atoms with Crippen LogP contribution < -0.4 is 11.1 Å². The molecule has 2 aliphatic heterocycles. The molecule has 22 heavy (non-hydrogen) atoms. The summed E-state index contributed by atoms with van der Waals surface area (Å²) in [6.07, 6.45) is -1.73. The van der Waals surface area contributed by atoms with Crippen molar-refractivity contribution in [2.24, 2.45) is 5.73 Å². The first kappa shape index (κ1) is 20.2. The van der Waals surface area contributed by atoms with Crippen LogP contribution >= 0.6 is 0 Å². The van der Waals surface area contributed by atoms with Crippen LogP contribution in [0.25, 0.3) is 0 Å². The first-order chi connectivity index (χ1) is 10.3. The molecule has 0 saturated carbocycles. The van der Waals surface area contributed by atoms with Crippen LogP contribution in [0.4, 0.5) is 0 Å². The fourth-order valence-electron chi connectivity index (χ4n) is 1.35. The summed E-state index contributed by atoms with van der Waals surface area (Å²) in [4.78, 5) is 30.1. The molecule has 2 aliphatic rings. The van der Waals surface area contributed by atoms with E-state index in [1.807, 2.05) is 0 Å². The van der Waals surface area contributed by atoms with Gasteiger partial charge in [0, 0.05) is 13.0 Å². The Bertz CT molecular complexity index is 352. The number of carboxylic acid groups (broad SMARTS) is 1. The zero-order valence-electron chi connectivity index (χ0n) is 12.0. The molecule has 0 aromatic heterocycles. The molecule has 10 nitrogen and oxygen atoms in total. The molecule has 2 saturated heterocycles. The Morgan fingerprint density at radius 2 is 1.95 bits per heavy atom. The van der Waals surface area contributed by atoms with Gasteiger partial charge in [0.2, 0.25) is 5.91 Å². The number of ether oxygens (including phenoxy) is 1. The van der Waals surface area contributed by atoms with Crippen molar-refractivity contribution in [2.75, 3.05) is 19.7 Å². The molecule has 10 heteroatoms. The van der Waals surface area contributed by atoms with Crippen LogP contribution in [0.2, 0.25) is 0 Å². The number of nitrogens with two attached hydrogens (primary N) is 1. The van der Waals surface area contributed by atoms with Gasteiger partial charge >= 0.3 is 11.9 Å². The third kappa shape index (κ3) is 8.52. The lowest BCUT2D eigenvalue weighted by atomic mass is 10.3. The molecule has 7 N–H and O–H groups in total. The van der Waals surface area contributed by atoms with Crippen molar-refractivity contribution in [3.63, 3.8) is 0 Å². The summed E-state index contributed by atoms with van der Waals surface area (Å²) in [6, 6.07) is 0. The van der Waals surface area contributed by atoms with Gasteiger partial charge in [0.15, 0.2) is 12.2 Å². The minimum absolute atomic E-state index is 0.120. The van der Waals surface area contributed by atoms with E-state index in [1.54, 1.807) is 0 Å². The van der Waals surface area contributed by atoms with Crippen LogP contribution in [0.5, 0.6) is 0 Å². The Morgan fingerprint density at radius 1 is 1.32 bits per heavy atom. The van der Waals surface area contributed by atoms with Crippen molar-refractivity contribution in [1.29, 1.82) is 0 Å². The number of esters is 1. The van der Waals surface area contributed by atoms with E-state index in [-0.39, 0.29) is 18.9 Å². The second-order valence-electron chi connectivity index (χ2n) is 4.50. The van der Waals surface area contributed by atoms with Crippen molar-refractivity contribution < 1.29 is 39.5 Å². The van der Waals surface area contributed by atoms with E-state index in [4.69, 9.17) is 26.2 Å². The molecule has 0 unspecified atom stereocenters. The average molecular weight is 322 g/mol. The molecule has 2 rings (SSSR count). The van der Waals surface area contributed by atoms with E-state index in [0.717, 1.165) is 0 Å². The lowest BCUT2D eigenvalue weighted by Crippen LogP contribution is -2.22. The predicted molar refractivity (Wildman–Crippen MR) is 72.5 cm³/mol. The molecule has 0 aromatic carbocycles. The molecule has 0 radical (unpaired) electrons. The fourth-order valence-corrected chi connectivity index (χ4v) is 1.35. The SMILES string of the molecule is NCC[C@H](O)C(=O)O.O=C1NCC[C@@H]1O.O=C1OCC[C@@H]1O. The molecule has 0 spiro atoms. The number of aliphatic carboxylic acids is 1. The van der Waals surface area contributed by atoms with Gasteiger partial charge in [-0.25, -0.2) is 9.59 Å². The number of carbonyl (C=O) groups excluding carboxylic acids is 2. The first-order valence-electron chi connectivity index (χ1n) is 6.71. The van der Waals surface area contributed by atoms with Crippen LogP contribution in [0.3, 0.4) is 0 Å². The summed E-state index contributed by atoms with van der Waals surface area (Å²) in [5, 5.41) is 36.0. The number of aliphatic hydroxyl groups is 3. The zero-order valence-corrected chi connectivity index (χ0v) is 12.0. The van der Waals surface area contributed by atoms with Crippen molar-refractivity contribution in [3.05, 3.63) is 0 Å². The zero-order chi connectivity index (χ0) is 17.1. The molecule has 2 heterocycles. The highest BCUT2D eigenvalue weighted by molar-refractivity contribution is 5.82. The largest absolute Gasteiger partial charge is 0.479 e. The van der Waals surface area contributed by atoms with Gasteiger partial charge in [0.25, 0.3) is 0 Å². The molecule has 0 aromatic rings. The minimum Gasteiger partial charge on any atom is -0.479 e. The molecular formula is C12H22N2O8. The Labute approximate surface area is 126 Å². The number of amides is 1. The summed E-state index contributed by atoms with van der Waals surface area (Å²) >= 11 is 0. The number of carbonyl (C=O) groups is 3. The molecule has 0 bridgehead atoms. The maximum absolute atomic E-state index is 10.2. The van der Waals surface area contributed by atoms with E-state index in [2.05, 4.69) is 10.1 Å². The van der Waals surface area contributed by atoms with Gasteiger partial charge in [-0.05, 0) is 19.4 Å². The van der Waals surface area contributed by atoms with Crippen LogP contribution in [-0.2, 0) is 19.1 Å². The minimum atomic E-state index is -1.29. The number of hydrogen-bond acceptors (Lipinski definition) is 8. The van der Waals surface area contributed by atoms with Gasteiger partial charge in [0.1, 0.15) is 6.10 Å². The highest BCUT2D eigenvalue weighted by Gasteiger charge is 2.22. The third-order valence-corrected chi connectivity index (χ3v) is 2.65. The van der Waals surface area contributed by atoms with Gasteiger partial charge in [0.05, 0.1) is 6.61 Å². The highest BCUT2D eigenvalue weighted by Crippen LogP contribution is 2.03. The third-order valence-electron chi connectivity index (χ3n) is 2.65. The summed E-state index contributed by atoms with van der Waals surface area (Å²) < 4.78 is 4.38. The Balaban J connectivity index is 0.000000301. The predicted octanol–water partition coefficient (Wildman–Crippen LogP) is -3.06. The van der Waals surface area contributed by atoms with Crippen LogP contribution in [0, 0.1) is 0 Å². The lowest BCUT2D eigenvalue weighted by Gasteiger charge is -1.99. The smallest absolute Gasteiger partial charge is 0.335 e. The number of hydrogen-bond donors (Lipinski definition) is 6. The van der Waals surface area contributed by atoms with Crippen LogP contribution in [-0.4, -0.2) is 76.3 Å². The monoisotopic (exact) mass is 322 g/mol. The molecule has 2 fully saturated rings. The number of nitrogens with one attached hydrogen (secondary N) is 1. The number of aliphatic hydroxyl groups excluding tert-OH is 3. The Morgan fingerprint density at radius 3 is 2.09 bits per heavy atom. The summed E-state index contributed by atoms with van der Waals surface area (Å²) in [6.45, 7) is 1.20.